The largest absolute Gasteiger partial charge is 0.0796 e. The summed E-state index contributed by atoms with van der Waals surface area (Å²) in [5.74, 6) is 0.946. The zero-order valence-electron chi connectivity index (χ0n) is 30.5. The number of fused-ring (bicyclic) bond motifs is 9. The zero-order valence-corrected chi connectivity index (χ0v) is 30.5. The Balaban J connectivity index is 1.15. The van der Waals surface area contributed by atoms with E-state index in [2.05, 4.69) is 187 Å². The molecule has 248 valence electrons. The third-order valence-corrected chi connectivity index (χ3v) is 13.2. The number of hydrogen-bond donors (Lipinski definition) is 0. The molecule has 0 radical (unpaired) electrons. The van der Waals surface area contributed by atoms with Crippen molar-refractivity contribution in [3.63, 3.8) is 0 Å². The van der Waals surface area contributed by atoms with Crippen LogP contribution < -0.4 is 0 Å². The Labute approximate surface area is 303 Å². The average molecular weight is 657 g/mol. The fourth-order valence-corrected chi connectivity index (χ4v) is 10.3. The molecular formula is C51H44. The number of rotatable bonds is 3. The summed E-state index contributed by atoms with van der Waals surface area (Å²) in [6.45, 7) is 14.4. The molecule has 6 aromatic carbocycles. The molecule has 0 aliphatic heterocycles. The van der Waals surface area contributed by atoms with E-state index in [1.165, 1.54) is 89.0 Å². The summed E-state index contributed by atoms with van der Waals surface area (Å²) >= 11 is 0. The molecule has 0 saturated carbocycles. The Hall–Kier alpha value is -5.20. The molecule has 0 saturated heterocycles. The van der Waals surface area contributed by atoms with Crippen LogP contribution in [0, 0.1) is 5.92 Å². The van der Waals surface area contributed by atoms with Crippen LogP contribution in [0.5, 0.6) is 0 Å². The predicted molar refractivity (Wildman–Crippen MR) is 215 cm³/mol. The molecule has 10 rings (SSSR count). The fourth-order valence-electron chi connectivity index (χ4n) is 10.3. The van der Waals surface area contributed by atoms with Crippen LogP contribution in [-0.2, 0) is 16.2 Å². The van der Waals surface area contributed by atoms with Crippen molar-refractivity contribution >= 4 is 0 Å². The molecule has 0 bridgehead atoms. The van der Waals surface area contributed by atoms with Crippen molar-refractivity contribution in [3.05, 3.63) is 179 Å². The normalized spacial score (nSPS) is 20.3. The first kappa shape index (κ1) is 30.6. The minimum atomic E-state index is -0.0474. The van der Waals surface area contributed by atoms with Gasteiger partial charge in [-0.15, -0.1) is 0 Å². The van der Waals surface area contributed by atoms with Gasteiger partial charge < -0.3 is 0 Å². The standard InChI is InChI=1S/C51H44/c1-49(2)43-16-10-7-13-37(43)40-22-19-31(28-46(40)49)34-25-35(32-20-23-41-38-14-8-11-17-44(38)50(3,4)47(41)29-32)27-36(26-34)33-21-24-42-39-15-9-12-18-45(39)51(5,6)48(42)30-33/h7-30,37,43H,1-6H3. The Morgan fingerprint density at radius 1 is 0.373 bits per heavy atom. The summed E-state index contributed by atoms with van der Waals surface area (Å²) in [7, 11) is 0. The maximum Gasteiger partial charge on any atom is 0.0159 e. The molecule has 2 atom stereocenters. The van der Waals surface area contributed by atoms with E-state index in [4.69, 9.17) is 0 Å². The molecule has 4 aliphatic rings. The molecule has 51 heavy (non-hydrogen) atoms. The molecule has 4 aliphatic carbocycles. The Kier molecular flexibility index (Phi) is 6.26. The van der Waals surface area contributed by atoms with Crippen LogP contribution in [0.15, 0.2) is 146 Å². The van der Waals surface area contributed by atoms with Gasteiger partial charge in [-0.25, -0.2) is 0 Å². The van der Waals surface area contributed by atoms with Gasteiger partial charge in [0.25, 0.3) is 0 Å². The second-order valence-corrected chi connectivity index (χ2v) is 17.0. The van der Waals surface area contributed by atoms with Gasteiger partial charge in [0.2, 0.25) is 0 Å². The van der Waals surface area contributed by atoms with Crippen LogP contribution in [0.3, 0.4) is 0 Å². The van der Waals surface area contributed by atoms with Crippen LogP contribution in [0.25, 0.3) is 55.6 Å². The maximum atomic E-state index is 2.50. The minimum Gasteiger partial charge on any atom is -0.0796 e. The predicted octanol–water partition coefficient (Wildman–Crippen LogP) is 13.4. The second-order valence-electron chi connectivity index (χ2n) is 17.0. The van der Waals surface area contributed by atoms with Crippen LogP contribution in [0.4, 0.5) is 0 Å². The quantitative estimate of drug-likeness (QED) is 0.178. The molecule has 0 N–H and O–H groups in total. The van der Waals surface area contributed by atoms with Gasteiger partial charge in [0.1, 0.15) is 0 Å². The lowest BCUT2D eigenvalue weighted by Gasteiger charge is -2.29. The van der Waals surface area contributed by atoms with Crippen LogP contribution in [-0.4, -0.2) is 0 Å². The lowest BCUT2D eigenvalue weighted by atomic mass is 9.74. The Morgan fingerprint density at radius 3 is 1.33 bits per heavy atom. The van der Waals surface area contributed by atoms with Crippen molar-refractivity contribution in [1.82, 2.24) is 0 Å². The molecule has 2 unspecified atom stereocenters. The van der Waals surface area contributed by atoms with Crippen LogP contribution in [0.2, 0.25) is 0 Å². The van der Waals surface area contributed by atoms with Crippen molar-refractivity contribution < 1.29 is 0 Å². The number of benzene rings is 6. The number of allylic oxidation sites excluding steroid dienone is 4. The second kappa shape index (κ2) is 10.4. The third kappa shape index (κ3) is 4.26. The van der Waals surface area contributed by atoms with Gasteiger partial charge in [0.05, 0.1) is 0 Å². The van der Waals surface area contributed by atoms with E-state index < -0.39 is 0 Å². The highest BCUT2D eigenvalue weighted by molar-refractivity contribution is 5.88. The highest BCUT2D eigenvalue weighted by Gasteiger charge is 2.44. The van der Waals surface area contributed by atoms with Gasteiger partial charge in [0.15, 0.2) is 0 Å². The molecule has 6 aromatic rings. The summed E-state index contributed by atoms with van der Waals surface area (Å²) in [6, 6.07) is 46.8. The van der Waals surface area contributed by atoms with Gasteiger partial charge in [-0.05, 0) is 131 Å². The molecule has 0 heterocycles. The Bertz CT molecular complexity index is 2390. The van der Waals surface area contributed by atoms with E-state index in [1.807, 2.05) is 0 Å². The molecule has 0 aromatic heterocycles. The summed E-state index contributed by atoms with van der Waals surface area (Å²) in [6.07, 6.45) is 9.28. The molecule has 0 nitrogen and oxygen atoms in total. The van der Waals surface area contributed by atoms with Gasteiger partial charge in [-0.2, -0.15) is 0 Å². The molecule has 0 spiro atoms. The first-order chi connectivity index (χ1) is 24.5. The van der Waals surface area contributed by atoms with Crippen molar-refractivity contribution in [1.29, 1.82) is 0 Å². The van der Waals surface area contributed by atoms with Crippen LogP contribution >= 0.6 is 0 Å². The van der Waals surface area contributed by atoms with Gasteiger partial charge >= 0.3 is 0 Å². The highest BCUT2D eigenvalue weighted by atomic mass is 14.5. The first-order valence-corrected chi connectivity index (χ1v) is 18.7. The van der Waals surface area contributed by atoms with Gasteiger partial charge in [-0.1, -0.05) is 157 Å². The molecule has 0 heteroatoms. The third-order valence-electron chi connectivity index (χ3n) is 13.2. The molecule has 0 fully saturated rings. The van der Waals surface area contributed by atoms with E-state index >= 15 is 0 Å². The summed E-state index contributed by atoms with van der Waals surface area (Å²) in [5.41, 5.74) is 21.7. The Morgan fingerprint density at radius 2 is 0.804 bits per heavy atom. The average Bonchev–Trinajstić information content (AvgIpc) is 3.64. The lowest BCUT2D eigenvalue weighted by molar-refractivity contribution is 0.394. The van der Waals surface area contributed by atoms with E-state index in [-0.39, 0.29) is 16.2 Å². The topological polar surface area (TPSA) is 0 Å². The highest BCUT2D eigenvalue weighted by Crippen LogP contribution is 2.55. The monoisotopic (exact) mass is 656 g/mol. The van der Waals surface area contributed by atoms with Crippen molar-refractivity contribution in [2.24, 2.45) is 5.92 Å². The SMILES string of the molecule is CC1(C)c2ccccc2-c2ccc(-c3cc(-c4ccc5c(c4)C(C)(C)c4ccccc4-5)cc(-c4ccc5c(c4)C(C)(C)C4C=CC=CC54)c3)cc21. The van der Waals surface area contributed by atoms with E-state index in [0.717, 1.165) is 0 Å². The first-order valence-electron chi connectivity index (χ1n) is 18.7. The minimum absolute atomic E-state index is 0.0474. The van der Waals surface area contributed by atoms with Crippen LogP contribution in [0.1, 0.15) is 80.8 Å². The molecular weight excluding hydrogens is 613 g/mol. The van der Waals surface area contributed by atoms with Crippen molar-refractivity contribution in [2.45, 2.75) is 63.7 Å². The van der Waals surface area contributed by atoms with E-state index in [0.29, 0.717) is 11.8 Å². The lowest BCUT2D eigenvalue weighted by Crippen LogP contribution is -2.24. The van der Waals surface area contributed by atoms with E-state index in [9.17, 15) is 0 Å². The number of hydrogen-bond acceptors (Lipinski definition) is 0. The molecule has 0 amide bonds. The van der Waals surface area contributed by atoms with Crippen molar-refractivity contribution in [3.8, 4) is 55.6 Å². The summed E-state index contributed by atoms with van der Waals surface area (Å²) in [5, 5.41) is 0. The van der Waals surface area contributed by atoms with Gasteiger partial charge in [-0.3, -0.25) is 0 Å². The smallest absolute Gasteiger partial charge is 0.0159 e. The van der Waals surface area contributed by atoms with E-state index in [1.54, 1.807) is 0 Å². The summed E-state index contributed by atoms with van der Waals surface area (Å²) < 4.78 is 0. The van der Waals surface area contributed by atoms with Crippen molar-refractivity contribution in [2.75, 3.05) is 0 Å². The maximum absolute atomic E-state index is 2.50. The summed E-state index contributed by atoms with van der Waals surface area (Å²) in [4.78, 5) is 0. The zero-order chi connectivity index (χ0) is 34.9. The van der Waals surface area contributed by atoms with Gasteiger partial charge in [0, 0.05) is 16.7 Å². The fraction of sp³-hybridized carbons (Fsp3) is 0.216.